The van der Waals surface area contributed by atoms with E-state index < -0.39 is 21.8 Å². The van der Waals surface area contributed by atoms with Gasteiger partial charge in [0.25, 0.3) is 0 Å². The van der Waals surface area contributed by atoms with E-state index >= 15 is 0 Å². The van der Waals surface area contributed by atoms with Crippen LogP contribution in [0.4, 0.5) is 0 Å². The van der Waals surface area contributed by atoms with Crippen LogP contribution in [0, 0.1) is 0 Å². The Labute approximate surface area is 176 Å². The molecule has 1 unspecified atom stereocenters. The molecule has 0 bridgehead atoms. The highest BCUT2D eigenvalue weighted by Gasteiger charge is 2.40. The Kier molecular flexibility index (Phi) is 4.24. The maximum Gasteiger partial charge on any atom is 0.482 e. The van der Waals surface area contributed by atoms with Gasteiger partial charge < -0.3 is 4.98 Å². The first-order valence-electron chi connectivity index (χ1n) is 9.27. The lowest BCUT2D eigenvalue weighted by Crippen LogP contribution is -2.52. The summed E-state index contributed by atoms with van der Waals surface area (Å²) in [6.07, 6.45) is 0. The average Bonchev–Trinajstić information content (AvgIpc) is 3.03. The molecule has 3 aromatic carbocycles. The van der Waals surface area contributed by atoms with Crippen molar-refractivity contribution in [2.45, 2.75) is 10.8 Å². The van der Waals surface area contributed by atoms with E-state index in [2.05, 4.69) is 15.2 Å². The predicted octanol–water partition coefficient (Wildman–Crippen LogP) is 2.14. The zero-order valence-corrected chi connectivity index (χ0v) is 16.7. The number of quaternary nitrogens is 1. The fourth-order valence-corrected chi connectivity index (χ4v) is 4.71. The van der Waals surface area contributed by atoms with Gasteiger partial charge >= 0.3 is 10.5 Å². The Morgan fingerprint density at radius 3 is 2.13 bits per heavy atom. The molecule has 8 nitrogen and oxygen atoms in total. The molecule has 5 rings (SSSR count). The molecule has 1 atom stereocenters. The molecular weight excluding hydrogens is 420 g/mol. The minimum absolute atomic E-state index is 0.278. The van der Waals surface area contributed by atoms with Gasteiger partial charge in [0.2, 0.25) is 4.90 Å². The van der Waals surface area contributed by atoms with Gasteiger partial charge in [0.15, 0.2) is 17.0 Å². The Morgan fingerprint density at radius 2 is 1.48 bits per heavy atom. The van der Waals surface area contributed by atoms with Crippen molar-refractivity contribution in [3.63, 3.8) is 0 Å². The summed E-state index contributed by atoms with van der Waals surface area (Å²) < 4.78 is 28.4. The van der Waals surface area contributed by atoms with Crippen LogP contribution >= 0.6 is 0 Å². The Morgan fingerprint density at radius 1 is 0.839 bits per heavy atom. The van der Waals surface area contributed by atoms with Gasteiger partial charge in [-0.1, -0.05) is 30.3 Å². The third kappa shape index (κ3) is 2.87. The molecule has 4 aromatic rings. The third-order valence-electron chi connectivity index (χ3n) is 5.56. The summed E-state index contributed by atoms with van der Waals surface area (Å²) in [5, 5.41) is 1.29. The van der Waals surface area contributed by atoms with Crippen LogP contribution in [0.5, 0.6) is 0 Å². The fourth-order valence-electron chi connectivity index (χ4n) is 4.06. The van der Waals surface area contributed by atoms with Gasteiger partial charge in [-0.15, -0.1) is 0 Å². The molecule has 153 valence electrons. The highest BCUT2D eigenvalue weighted by molar-refractivity contribution is 7.92. The normalized spacial score (nSPS) is 16.1. The first-order valence-corrected chi connectivity index (χ1v) is 10.7. The first-order chi connectivity index (χ1) is 14.8. The molecule has 1 aromatic heterocycles. The lowest BCUT2D eigenvalue weighted by Gasteiger charge is -2.11. The highest BCUT2D eigenvalue weighted by atomic mass is 32.3. The van der Waals surface area contributed by atoms with E-state index in [0.717, 1.165) is 6.07 Å². The van der Waals surface area contributed by atoms with Gasteiger partial charge in [0, 0.05) is 50.6 Å². The molecule has 31 heavy (non-hydrogen) atoms. The van der Waals surface area contributed by atoms with E-state index in [-0.39, 0.29) is 16.5 Å². The number of H-pyrrole nitrogens is 1. The fraction of sp³-hybridized carbons (Fsp3) is 0.0455. The van der Waals surface area contributed by atoms with Crippen molar-refractivity contribution >= 4 is 43.7 Å². The van der Waals surface area contributed by atoms with Crippen molar-refractivity contribution in [1.82, 2.24) is 4.98 Å². The highest BCUT2D eigenvalue weighted by Crippen LogP contribution is 2.34. The third-order valence-corrected chi connectivity index (χ3v) is 6.68. The number of aromatic nitrogens is 1. The molecule has 0 amide bonds. The van der Waals surface area contributed by atoms with Crippen molar-refractivity contribution < 1.29 is 28.5 Å². The maximum absolute atomic E-state index is 12.8. The molecule has 9 heteroatoms. The van der Waals surface area contributed by atoms with Gasteiger partial charge in [-0.3, -0.25) is 14.4 Å². The lowest BCUT2D eigenvalue weighted by atomic mass is 9.97. The summed E-state index contributed by atoms with van der Waals surface area (Å²) in [7, 11) is -4.16. The number of fused-ring (bicyclic) bond motifs is 4. The van der Waals surface area contributed by atoms with Crippen molar-refractivity contribution in [2.75, 3.05) is 0 Å². The van der Waals surface area contributed by atoms with Crippen molar-refractivity contribution in [3.8, 4) is 0 Å². The van der Waals surface area contributed by atoms with E-state index in [0.29, 0.717) is 38.5 Å². The number of hydrogen-bond donors (Lipinski definition) is 2. The second kappa shape index (κ2) is 6.76. The molecule has 1 aliphatic rings. The number of benzene rings is 3. The van der Waals surface area contributed by atoms with Crippen LogP contribution in [0.1, 0.15) is 32.3 Å². The zero-order valence-electron chi connectivity index (χ0n) is 15.9. The van der Waals surface area contributed by atoms with E-state index in [1.165, 1.54) is 6.07 Å². The number of pyridine rings is 1. The minimum atomic E-state index is -4.16. The number of Topliss-reactive ketones (excluding diaryl/α,β-unsaturated/α-hetero) is 2. The van der Waals surface area contributed by atoms with Gasteiger partial charge in [-0.05, 0) is 22.4 Å². The van der Waals surface area contributed by atoms with Crippen LogP contribution in [0.2, 0.25) is 0 Å². The Bertz CT molecular complexity index is 1510. The standard InChI is InChI=1S/C22H14N2O6S/c23-30-31(28,29)11-9-16-12-5-8-18(24-17(12)7-6-13(16)19(25)10-11)20-21(26)14-3-1-2-4-15(14)22(20)27/h1-10,20H,23H3/q+1/p+1. The van der Waals surface area contributed by atoms with Crippen LogP contribution in [0.25, 0.3) is 21.7 Å². The quantitative estimate of drug-likeness (QED) is 0.219. The summed E-state index contributed by atoms with van der Waals surface area (Å²) in [5.41, 5.74) is 1.28. The van der Waals surface area contributed by atoms with Crippen LogP contribution in [-0.4, -0.2) is 16.6 Å². The van der Waals surface area contributed by atoms with Gasteiger partial charge in [0.1, 0.15) is 5.92 Å². The van der Waals surface area contributed by atoms with E-state index in [1.54, 1.807) is 48.5 Å². The second-order valence-corrected chi connectivity index (χ2v) is 8.85. The van der Waals surface area contributed by atoms with Crippen LogP contribution in [0.15, 0.2) is 70.4 Å². The molecule has 0 fully saturated rings. The number of ketones is 2. The number of carbonyl (C=O) groups is 2. The molecule has 0 saturated heterocycles. The Balaban J connectivity index is 1.69. The lowest BCUT2D eigenvalue weighted by molar-refractivity contribution is -0.637. The summed E-state index contributed by atoms with van der Waals surface area (Å²) in [5.74, 6) is 1.40. The van der Waals surface area contributed by atoms with Crippen molar-refractivity contribution in [2.24, 2.45) is 0 Å². The smallest absolute Gasteiger partial charge is 0.357 e. The second-order valence-electron chi connectivity index (χ2n) is 7.24. The van der Waals surface area contributed by atoms with E-state index in [4.69, 9.17) is 0 Å². The number of hydrogen-bond acceptors (Lipinski definition) is 5. The molecule has 1 heterocycles. The largest absolute Gasteiger partial charge is 0.482 e. The first kappa shape index (κ1) is 19.5. The molecule has 4 N–H and O–H groups in total. The maximum atomic E-state index is 12.8. The van der Waals surface area contributed by atoms with E-state index in [9.17, 15) is 23.1 Å². The van der Waals surface area contributed by atoms with Crippen LogP contribution in [-0.2, 0) is 23.5 Å². The molecule has 1 aliphatic carbocycles. The van der Waals surface area contributed by atoms with Crippen molar-refractivity contribution in [1.29, 1.82) is 0 Å². The molecule has 1 radical (unpaired) electrons. The summed E-state index contributed by atoms with van der Waals surface area (Å²) >= 11 is 0. The summed E-state index contributed by atoms with van der Waals surface area (Å²) in [6.45, 7) is 0. The van der Waals surface area contributed by atoms with Gasteiger partial charge in [0.05, 0.1) is 8.84 Å². The molecule has 0 saturated carbocycles. The predicted molar refractivity (Wildman–Crippen MR) is 111 cm³/mol. The molecule has 0 aliphatic heterocycles. The van der Waals surface area contributed by atoms with Gasteiger partial charge in [-0.25, -0.2) is 0 Å². The SMILES string of the molecule is [NH3+]O[S+]([O])(=O)c1cc(=O)c2ccc3[nH]c(C4C(=O)c5ccccc5C4=O)ccc3c2c1. The minimum Gasteiger partial charge on any atom is -0.357 e. The molecule has 0 spiro atoms. The van der Waals surface area contributed by atoms with Crippen LogP contribution in [0.3, 0.4) is 0 Å². The number of carbonyl (C=O) groups excluding carboxylic acids is 2. The van der Waals surface area contributed by atoms with Crippen LogP contribution < -0.4 is 11.3 Å². The number of nitrogens with one attached hydrogen (secondary N) is 1. The average molecular weight is 435 g/mol. The van der Waals surface area contributed by atoms with Gasteiger partial charge in [-0.2, -0.15) is 5.90 Å². The zero-order chi connectivity index (χ0) is 21.9. The molecular formula is C22H15N2O6S+2. The summed E-state index contributed by atoms with van der Waals surface area (Å²) in [6, 6.07) is 15.5. The van der Waals surface area contributed by atoms with E-state index in [1.807, 2.05) is 0 Å². The van der Waals surface area contributed by atoms with Crippen molar-refractivity contribution in [3.05, 3.63) is 87.7 Å². The summed E-state index contributed by atoms with van der Waals surface area (Å²) in [4.78, 5) is 40.9. The number of rotatable bonds is 3. The monoisotopic (exact) mass is 435 g/mol. The Hall–Kier alpha value is -3.50. The number of aromatic amines is 1. The topological polar surface area (TPSA) is 141 Å².